The number of Topliss-reactive ketones (excluding diaryl/α,β-unsaturated/α-hetero) is 1. The molecule has 0 fully saturated rings. The van der Waals surface area contributed by atoms with Gasteiger partial charge in [0.15, 0.2) is 11.5 Å². The maximum Gasteiger partial charge on any atom is 0.315 e. The third-order valence-corrected chi connectivity index (χ3v) is 2.06. The molecule has 0 radical (unpaired) electrons. The zero-order valence-corrected chi connectivity index (χ0v) is 7.85. The molecular formula is C9H7NO5. The van der Waals surface area contributed by atoms with E-state index < -0.39 is 4.92 Å². The van der Waals surface area contributed by atoms with Crippen LogP contribution in [-0.2, 0) is 0 Å². The number of hydrogen-bond acceptors (Lipinski definition) is 5. The van der Waals surface area contributed by atoms with Gasteiger partial charge in [-0.05, 0) is 13.0 Å². The molecule has 78 valence electrons. The number of fused-ring (bicyclic) bond motifs is 1. The predicted molar refractivity (Wildman–Crippen MR) is 49.2 cm³/mol. The molecular weight excluding hydrogens is 202 g/mol. The van der Waals surface area contributed by atoms with Crippen LogP contribution in [0.4, 0.5) is 5.69 Å². The number of hydrogen-bond donors (Lipinski definition) is 0. The highest BCUT2D eigenvalue weighted by molar-refractivity contribution is 5.95. The number of nitro groups is 1. The van der Waals surface area contributed by atoms with Gasteiger partial charge in [0.1, 0.15) is 0 Å². The van der Waals surface area contributed by atoms with E-state index in [4.69, 9.17) is 9.47 Å². The van der Waals surface area contributed by atoms with E-state index in [-0.39, 0.29) is 35.3 Å². The molecule has 2 rings (SSSR count). The number of rotatable bonds is 2. The summed E-state index contributed by atoms with van der Waals surface area (Å²) in [6.45, 7) is 1.28. The minimum Gasteiger partial charge on any atom is -0.453 e. The fourth-order valence-corrected chi connectivity index (χ4v) is 1.33. The summed E-state index contributed by atoms with van der Waals surface area (Å²) in [6.07, 6.45) is 0. The highest BCUT2D eigenvalue weighted by Gasteiger charge is 2.27. The van der Waals surface area contributed by atoms with Crippen molar-refractivity contribution >= 4 is 11.5 Å². The summed E-state index contributed by atoms with van der Waals surface area (Å²) >= 11 is 0. The second-order valence-corrected chi connectivity index (χ2v) is 3.04. The van der Waals surface area contributed by atoms with Gasteiger partial charge in [-0.1, -0.05) is 0 Å². The average molecular weight is 209 g/mol. The van der Waals surface area contributed by atoms with Crippen LogP contribution in [0.15, 0.2) is 12.1 Å². The van der Waals surface area contributed by atoms with Gasteiger partial charge in [0.25, 0.3) is 0 Å². The number of carbonyl (C=O) groups is 1. The Bertz CT molecular complexity index is 454. The molecule has 0 aromatic heterocycles. The Morgan fingerprint density at radius 1 is 1.47 bits per heavy atom. The summed E-state index contributed by atoms with van der Waals surface area (Å²) in [5, 5.41) is 10.7. The van der Waals surface area contributed by atoms with E-state index >= 15 is 0 Å². The highest BCUT2D eigenvalue weighted by Crippen LogP contribution is 2.41. The Hall–Kier alpha value is -2.11. The lowest BCUT2D eigenvalue weighted by Gasteiger charge is -2.00. The normalized spacial score (nSPS) is 12.6. The lowest BCUT2D eigenvalue weighted by atomic mass is 10.1. The number of nitrogens with zero attached hydrogens (tertiary/aromatic N) is 1. The van der Waals surface area contributed by atoms with E-state index in [1.807, 2.05) is 0 Å². The molecule has 1 aliphatic rings. The van der Waals surface area contributed by atoms with Crippen molar-refractivity contribution in [2.75, 3.05) is 6.79 Å². The van der Waals surface area contributed by atoms with Crippen molar-refractivity contribution in [3.8, 4) is 11.5 Å². The van der Waals surface area contributed by atoms with Crippen molar-refractivity contribution in [2.45, 2.75) is 6.92 Å². The summed E-state index contributed by atoms with van der Waals surface area (Å²) in [5.41, 5.74) is 0.00106. The lowest BCUT2D eigenvalue weighted by molar-refractivity contribution is -0.385. The number of ketones is 1. The first-order valence-electron chi connectivity index (χ1n) is 4.18. The molecule has 6 nitrogen and oxygen atoms in total. The van der Waals surface area contributed by atoms with Crippen LogP contribution in [0.3, 0.4) is 0 Å². The number of ether oxygens (including phenoxy) is 2. The zero-order chi connectivity index (χ0) is 11.0. The smallest absolute Gasteiger partial charge is 0.315 e. The molecule has 0 amide bonds. The molecule has 0 aliphatic carbocycles. The van der Waals surface area contributed by atoms with Gasteiger partial charge in [0.2, 0.25) is 12.5 Å². The summed E-state index contributed by atoms with van der Waals surface area (Å²) in [7, 11) is 0. The molecule has 1 heterocycles. The SMILES string of the molecule is CC(=O)c1cc2c(c([N+](=O)[O-])c1)OCO2. The Kier molecular flexibility index (Phi) is 2.03. The van der Waals surface area contributed by atoms with Crippen LogP contribution in [0, 0.1) is 10.1 Å². The van der Waals surface area contributed by atoms with Crippen LogP contribution in [0.1, 0.15) is 17.3 Å². The molecule has 0 spiro atoms. The van der Waals surface area contributed by atoms with E-state index in [9.17, 15) is 14.9 Å². The first-order chi connectivity index (χ1) is 7.09. The van der Waals surface area contributed by atoms with E-state index in [0.717, 1.165) is 0 Å². The standard InChI is InChI=1S/C9H7NO5/c1-5(11)6-2-7(10(12)13)9-8(3-6)14-4-15-9/h2-3H,4H2,1H3. The Balaban J connectivity index is 2.62. The summed E-state index contributed by atoms with van der Waals surface area (Å²) < 4.78 is 9.95. The van der Waals surface area contributed by atoms with Crippen molar-refractivity contribution in [2.24, 2.45) is 0 Å². The maximum atomic E-state index is 11.1. The van der Waals surface area contributed by atoms with Crippen molar-refractivity contribution in [3.05, 3.63) is 27.8 Å². The molecule has 0 saturated heterocycles. The first-order valence-corrected chi connectivity index (χ1v) is 4.18. The van der Waals surface area contributed by atoms with E-state index in [2.05, 4.69) is 0 Å². The van der Waals surface area contributed by atoms with E-state index in [1.165, 1.54) is 19.1 Å². The maximum absolute atomic E-state index is 11.1. The molecule has 0 atom stereocenters. The van der Waals surface area contributed by atoms with Gasteiger partial charge in [-0.2, -0.15) is 0 Å². The van der Waals surface area contributed by atoms with Crippen LogP contribution in [0.5, 0.6) is 11.5 Å². The first kappa shape index (κ1) is 9.45. The predicted octanol–water partition coefficient (Wildman–Crippen LogP) is 1.53. The molecule has 0 unspecified atom stereocenters. The van der Waals surface area contributed by atoms with Gasteiger partial charge in [0.05, 0.1) is 4.92 Å². The average Bonchev–Trinajstić information content (AvgIpc) is 2.62. The lowest BCUT2D eigenvalue weighted by Crippen LogP contribution is -1.96. The van der Waals surface area contributed by atoms with Gasteiger partial charge in [-0.25, -0.2) is 0 Å². The number of carbonyl (C=O) groups excluding carboxylic acids is 1. The zero-order valence-electron chi connectivity index (χ0n) is 7.85. The topological polar surface area (TPSA) is 78.7 Å². The fraction of sp³-hybridized carbons (Fsp3) is 0.222. The molecule has 1 aromatic rings. The van der Waals surface area contributed by atoms with Crippen LogP contribution in [0.2, 0.25) is 0 Å². The Labute approximate surface area is 84.6 Å². The third-order valence-electron chi connectivity index (χ3n) is 2.06. The largest absolute Gasteiger partial charge is 0.453 e. The quantitative estimate of drug-likeness (QED) is 0.419. The number of benzene rings is 1. The second-order valence-electron chi connectivity index (χ2n) is 3.04. The minimum atomic E-state index is -0.597. The highest BCUT2D eigenvalue weighted by atomic mass is 16.7. The van der Waals surface area contributed by atoms with E-state index in [1.54, 1.807) is 0 Å². The molecule has 0 N–H and O–H groups in total. The van der Waals surface area contributed by atoms with Gasteiger partial charge in [-0.3, -0.25) is 14.9 Å². The molecule has 6 heteroatoms. The van der Waals surface area contributed by atoms with Crippen molar-refractivity contribution in [1.82, 2.24) is 0 Å². The Morgan fingerprint density at radius 3 is 2.80 bits per heavy atom. The summed E-state index contributed by atoms with van der Waals surface area (Å²) in [4.78, 5) is 21.2. The van der Waals surface area contributed by atoms with Crippen LogP contribution in [-0.4, -0.2) is 17.5 Å². The van der Waals surface area contributed by atoms with Crippen LogP contribution < -0.4 is 9.47 Å². The molecule has 0 saturated carbocycles. The van der Waals surface area contributed by atoms with Crippen LogP contribution in [0.25, 0.3) is 0 Å². The fourth-order valence-electron chi connectivity index (χ4n) is 1.33. The van der Waals surface area contributed by atoms with Crippen molar-refractivity contribution < 1.29 is 19.2 Å². The summed E-state index contributed by atoms with van der Waals surface area (Å²) in [5.74, 6) is 0.0794. The summed E-state index contributed by atoms with van der Waals surface area (Å²) in [6, 6.07) is 2.63. The molecule has 1 aromatic carbocycles. The van der Waals surface area contributed by atoms with Crippen molar-refractivity contribution in [1.29, 1.82) is 0 Å². The molecule has 0 bridgehead atoms. The monoisotopic (exact) mass is 209 g/mol. The third kappa shape index (κ3) is 1.50. The molecule has 15 heavy (non-hydrogen) atoms. The van der Waals surface area contributed by atoms with E-state index in [0.29, 0.717) is 0 Å². The van der Waals surface area contributed by atoms with Crippen molar-refractivity contribution in [3.63, 3.8) is 0 Å². The second kappa shape index (κ2) is 3.23. The van der Waals surface area contributed by atoms with Gasteiger partial charge in [0, 0.05) is 11.6 Å². The molecule has 1 aliphatic heterocycles. The minimum absolute atomic E-state index is 0.0580. The number of nitro benzene ring substituents is 1. The van der Waals surface area contributed by atoms with Crippen LogP contribution >= 0.6 is 0 Å². The van der Waals surface area contributed by atoms with Gasteiger partial charge in [-0.15, -0.1) is 0 Å². The Morgan fingerprint density at radius 2 is 2.20 bits per heavy atom. The van der Waals surface area contributed by atoms with Gasteiger partial charge >= 0.3 is 5.69 Å². The van der Waals surface area contributed by atoms with Gasteiger partial charge < -0.3 is 9.47 Å².